The number of aliphatic hydroxyl groups is 1. The van der Waals surface area contributed by atoms with Gasteiger partial charge in [-0.2, -0.15) is 0 Å². The van der Waals surface area contributed by atoms with E-state index in [1.54, 1.807) is 0 Å². The first kappa shape index (κ1) is 14.6. The number of hydrogen-bond acceptors (Lipinski definition) is 3. The predicted octanol–water partition coefficient (Wildman–Crippen LogP) is 1.70. The number of ether oxygens (including phenoxy) is 1. The van der Waals surface area contributed by atoms with E-state index in [-0.39, 0.29) is 18.4 Å². The number of amides is 1. The Bertz CT molecular complexity index is 536. The first-order valence-corrected chi connectivity index (χ1v) is 6.79. The van der Waals surface area contributed by atoms with E-state index in [4.69, 9.17) is 9.84 Å². The second-order valence-electron chi connectivity index (χ2n) is 4.87. The van der Waals surface area contributed by atoms with E-state index in [9.17, 15) is 4.79 Å². The van der Waals surface area contributed by atoms with E-state index in [1.807, 2.05) is 25.1 Å². The minimum absolute atomic E-state index is 0.0235. The summed E-state index contributed by atoms with van der Waals surface area (Å²) in [6.07, 6.45) is 1.55. The van der Waals surface area contributed by atoms with Gasteiger partial charge in [0.2, 0.25) is 5.91 Å². The standard InChI is InChI=1S/C16H19NO3/c1-12-4-5-13(3-2-8-18)11-15(12)17-16(19)14-6-9-20-10-7-14/h4-5,11,14,18H,6-10H2,1H3,(H,17,19). The molecule has 1 fully saturated rings. The summed E-state index contributed by atoms with van der Waals surface area (Å²) in [6, 6.07) is 5.64. The van der Waals surface area contributed by atoms with Crippen molar-refractivity contribution >= 4 is 11.6 Å². The summed E-state index contributed by atoms with van der Waals surface area (Å²) in [6.45, 7) is 3.08. The van der Waals surface area contributed by atoms with Gasteiger partial charge in [-0.3, -0.25) is 4.79 Å². The Hall–Kier alpha value is -1.83. The van der Waals surface area contributed by atoms with Crippen LogP contribution < -0.4 is 5.32 Å². The Labute approximate surface area is 119 Å². The maximum atomic E-state index is 12.2. The van der Waals surface area contributed by atoms with Gasteiger partial charge in [0, 0.05) is 30.4 Å². The van der Waals surface area contributed by atoms with Crippen LogP contribution in [-0.4, -0.2) is 30.8 Å². The number of aliphatic hydroxyl groups excluding tert-OH is 1. The zero-order valence-corrected chi connectivity index (χ0v) is 11.6. The lowest BCUT2D eigenvalue weighted by molar-refractivity contribution is -0.122. The van der Waals surface area contributed by atoms with Crippen molar-refractivity contribution in [1.29, 1.82) is 0 Å². The molecular formula is C16H19NO3. The molecule has 0 aromatic heterocycles. The van der Waals surface area contributed by atoms with Crippen molar-refractivity contribution in [3.63, 3.8) is 0 Å². The smallest absolute Gasteiger partial charge is 0.227 e. The molecule has 1 aromatic carbocycles. The molecule has 1 saturated heterocycles. The monoisotopic (exact) mass is 273 g/mol. The van der Waals surface area contributed by atoms with Crippen LogP contribution in [0.4, 0.5) is 5.69 Å². The third-order valence-electron chi connectivity index (χ3n) is 3.40. The summed E-state index contributed by atoms with van der Waals surface area (Å²) in [5, 5.41) is 11.7. The molecule has 1 aromatic rings. The van der Waals surface area contributed by atoms with E-state index < -0.39 is 0 Å². The Morgan fingerprint density at radius 1 is 1.45 bits per heavy atom. The van der Waals surface area contributed by atoms with Crippen molar-refractivity contribution in [2.24, 2.45) is 5.92 Å². The quantitative estimate of drug-likeness (QED) is 0.806. The van der Waals surface area contributed by atoms with Gasteiger partial charge >= 0.3 is 0 Å². The lowest BCUT2D eigenvalue weighted by Gasteiger charge is -2.21. The van der Waals surface area contributed by atoms with Crippen molar-refractivity contribution in [2.75, 3.05) is 25.1 Å². The molecule has 1 heterocycles. The molecule has 4 heteroatoms. The third-order valence-corrected chi connectivity index (χ3v) is 3.40. The van der Waals surface area contributed by atoms with Crippen LogP contribution >= 0.6 is 0 Å². The van der Waals surface area contributed by atoms with Gasteiger partial charge in [-0.05, 0) is 37.5 Å². The average molecular weight is 273 g/mol. The summed E-state index contributed by atoms with van der Waals surface area (Å²) in [5.41, 5.74) is 2.57. The van der Waals surface area contributed by atoms with Crippen LogP contribution in [0.15, 0.2) is 18.2 Å². The number of carbonyl (C=O) groups excluding carboxylic acids is 1. The van der Waals surface area contributed by atoms with Crippen LogP contribution in [0.3, 0.4) is 0 Å². The number of carbonyl (C=O) groups is 1. The SMILES string of the molecule is Cc1ccc(C#CCO)cc1NC(=O)C1CCOCC1. The topological polar surface area (TPSA) is 58.6 Å². The van der Waals surface area contributed by atoms with Crippen molar-refractivity contribution in [3.05, 3.63) is 29.3 Å². The van der Waals surface area contributed by atoms with Gasteiger partial charge in [0.1, 0.15) is 6.61 Å². The maximum Gasteiger partial charge on any atom is 0.227 e. The molecule has 2 rings (SSSR count). The van der Waals surface area contributed by atoms with Crippen molar-refractivity contribution in [1.82, 2.24) is 0 Å². The molecule has 4 nitrogen and oxygen atoms in total. The summed E-state index contributed by atoms with van der Waals surface area (Å²) >= 11 is 0. The highest BCUT2D eigenvalue weighted by Crippen LogP contribution is 2.20. The fraction of sp³-hybridized carbons (Fsp3) is 0.438. The molecule has 0 spiro atoms. The summed E-state index contributed by atoms with van der Waals surface area (Å²) in [7, 11) is 0. The fourth-order valence-corrected chi connectivity index (χ4v) is 2.17. The summed E-state index contributed by atoms with van der Waals surface area (Å²) in [5.74, 6) is 5.52. The lowest BCUT2D eigenvalue weighted by atomic mass is 9.99. The number of rotatable bonds is 2. The van der Waals surface area contributed by atoms with Gasteiger partial charge < -0.3 is 15.2 Å². The summed E-state index contributed by atoms with van der Waals surface area (Å²) in [4.78, 5) is 12.2. The van der Waals surface area contributed by atoms with Gasteiger partial charge in [0.05, 0.1) is 0 Å². The van der Waals surface area contributed by atoms with E-state index in [1.165, 1.54) is 0 Å². The van der Waals surface area contributed by atoms with Gasteiger partial charge in [0.25, 0.3) is 0 Å². The Morgan fingerprint density at radius 2 is 2.20 bits per heavy atom. The van der Waals surface area contributed by atoms with Crippen molar-refractivity contribution in [3.8, 4) is 11.8 Å². The van der Waals surface area contributed by atoms with E-state index in [2.05, 4.69) is 17.2 Å². The Morgan fingerprint density at radius 3 is 2.90 bits per heavy atom. The number of benzene rings is 1. The van der Waals surface area contributed by atoms with E-state index in [0.29, 0.717) is 13.2 Å². The molecule has 2 N–H and O–H groups in total. The number of hydrogen-bond donors (Lipinski definition) is 2. The molecule has 0 bridgehead atoms. The minimum atomic E-state index is -0.169. The van der Waals surface area contributed by atoms with Crippen molar-refractivity contribution in [2.45, 2.75) is 19.8 Å². The number of aryl methyl sites for hydroxylation is 1. The third kappa shape index (κ3) is 3.83. The molecule has 0 saturated carbocycles. The van der Waals surface area contributed by atoms with Gasteiger partial charge in [-0.25, -0.2) is 0 Å². The van der Waals surface area contributed by atoms with E-state index >= 15 is 0 Å². The van der Waals surface area contributed by atoms with Gasteiger partial charge in [-0.1, -0.05) is 17.9 Å². The molecular weight excluding hydrogens is 254 g/mol. The first-order valence-electron chi connectivity index (χ1n) is 6.79. The lowest BCUT2D eigenvalue weighted by Crippen LogP contribution is -2.28. The molecule has 1 aliphatic rings. The molecule has 0 radical (unpaired) electrons. The largest absolute Gasteiger partial charge is 0.384 e. The first-order chi connectivity index (χ1) is 9.70. The fourth-order valence-electron chi connectivity index (χ4n) is 2.17. The minimum Gasteiger partial charge on any atom is -0.384 e. The maximum absolute atomic E-state index is 12.2. The van der Waals surface area contributed by atoms with Crippen LogP contribution in [0.1, 0.15) is 24.0 Å². The molecule has 1 amide bonds. The van der Waals surface area contributed by atoms with Crippen LogP contribution in [0.5, 0.6) is 0 Å². The molecule has 0 unspecified atom stereocenters. The highest BCUT2D eigenvalue weighted by atomic mass is 16.5. The van der Waals surface area contributed by atoms with Crippen LogP contribution in [0.25, 0.3) is 0 Å². The van der Waals surface area contributed by atoms with Gasteiger partial charge in [-0.15, -0.1) is 0 Å². The zero-order valence-electron chi connectivity index (χ0n) is 11.6. The molecule has 20 heavy (non-hydrogen) atoms. The Balaban J connectivity index is 2.09. The van der Waals surface area contributed by atoms with Gasteiger partial charge in [0.15, 0.2) is 0 Å². The second-order valence-corrected chi connectivity index (χ2v) is 4.87. The van der Waals surface area contributed by atoms with Crippen molar-refractivity contribution < 1.29 is 14.6 Å². The van der Waals surface area contributed by atoms with Crippen LogP contribution in [-0.2, 0) is 9.53 Å². The summed E-state index contributed by atoms with van der Waals surface area (Å²) < 4.78 is 5.27. The zero-order chi connectivity index (χ0) is 14.4. The number of anilines is 1. The predicted molar refractivity (Wildman–Crippen MR) is 77.3 cm³/mol. The van der Waals surface area contributed by atoms with Crippen LogP contribution in [0, 0.1) is 24.7 Å². The second kappa shape index (κ2) is 7.09. The highest BCUT2D eigenvalue weighted by Gasteiger charge is 2.21. The molecule has 0 aliphatic carbocycles. The van der Waals surface area contributed by atoms with Crippen LogP contribution in [0.2, 0.25) is 0 Å². The Kier molecular flexibility index (Phi) is 5.16. The molecule has 106 valence electrons. The molecule has 1 aliphatic heterocycles. The normalized spacial score (nSPS) is 15.3. The molecule has 0 atom stereocenters. The highest BCUT2D eigenvalue weighted by molar-refractivity contribution is 5.93. The van der Waals surface area contributed by atoms with E-state index in [0.717, 1.165) is 29.7 Å². The average Bonchev–Trinajstić information content (AvgIpc) is 2.49. The number of nitrogens with one attached hydrogen (secondary N) is 1.